The molecular formula is C74H59N3. The predicted octanol–water partition coefficient (Wildman–Crippen LogP) is 21.1. The van der Waals surface area contributed by atoms with E-state index in [0.29, 0.717) is 0 Å². The van der Waals surface area contributed by atoms with Crippen LogP contribution in [-0.4, -0.2) is 0 Å². The van der Waals surface area contributed by atoms with Crippen LogP contribution in [0.5, 0.6) is 0 Å². The average Bonchev–Trinajstić information content (AvgIpc) is 3.53. The molecule has 3 nitrogen and oxygen atoms in total. The average molecular weight is 990 g/mol. The molecule has 0 amide bonds. The van der Waals surface area contributed by atoms with Crippen LogP contribution in [0.2, 0.25) is 0 Å². The summed E-state index contributed by atoms with van der Waals surface area (Å²) < 4.78 is 0. The van der Waals surface area contributed by atoms with E-state index in [2.05, 4.69) is 328 Å². The van der Waals surface area contributed by atoms with Crippen LogP contribution in [0.15, 0.2) is 261 Å². The zero-order valence-corrected chi connectivity index (χ0v) is 44.0. The van der Waals surface area contributed by atoms with E-state index >= 15 is 0 Å². The van der Waals surface area contributed by atoms with Gasteiger partial charge in [0.25, 0.3) is 0 Å². The van der Waals surface area contributed by atoms with Crippen LogP contribution in [0, 0.1) is 27.7 Å². The number of rotatable bonds is 13. The minimum absolute atomic E-state index is 1.08. The van der Waals surface area contributed by atoms with Gasteiger partial charge in [-0.1, -0.05) is 198 Å². The van der Waals surface area contributed by atoms with Gasteiger partial charge in [0, 0.05) is 51.2 Å². The molecule has 0 bridgehead atoms. The summed E-state index contributed by atoms with van der Waals surface area (Å²) in [6.07, 6.45) is 8.71. The van der Waals surface area contributed by atoms with Crippen molar-refractivity contribution in [3.8, 4) is 0 Å². The number of hydrogen-bond donors (Lipinski definition) is 0. The van der Waals surface area contributed by atoms with Crippen LogP contribution in [0.3, 0.4) is 0 Å². The second kappa shape index (κ2) is 21.3. The second-order valence-electron chi connectivity index (χ2n) is 20.2. The van der Waals surface area contributed by atoms with Gasteiger partial charge in [0.05, 0.1) is 0 Å². The standard InChI is InChI=1S/C74H59N3/c1-52-15-31-60(32-16-52)75(61-33-17-53(2)18-34-61)66-43-46-69-72(49-66)70-47-44-67(76(62-35-19-54(3)20-36-62)64-39-27-58(28-40-64)25-23-56-11-7-5-8-12-56)51-74(70)71-48-45-68(50-73(69)71)77(63-37-21-55(4)22-38-63)65-41-29-59(30-42-65)26-24-57-13-9-6-10-14-57/h5-51H,1-4H3/b25-23+,26-24+. The van der Waals surface area contributed by atoms with E-state index in [4.69, 9.17) is 0 Å². The zero-order chi connectivity index (χ0) is 52.2. The molecule has 0 aliphatic heterocycles. The molecule has 12 aromatic carbocycles. The molecule has 0 saturated carbocycles. The fourth-order valence-corrected chi connectivity index (χ4v) is 10.5. The highest BCUT2D eigenvalue weighted by Gasteiger charge is 2.21. The Balaban J connectivity index is 1.05. The Bertz CT molecular complexity index is 3840. The maximum atomic E-state index is 2.41. The van der Waals surface area contributed by atoms with Gasteiger partial charge in [0.1, 0.15) is 0 Å². The van der Waals surface area contributed by atoms with Crippen molar-refractivity contribution in [3.05, 3.63) is 305 Å². The number of benzene rings is 12. The minimum atomic E-state index is 1.08. The lowest BCUT2D eigenvalue weighted by Crippen LogP contribution is -2.11. The molecule has 0 heterocycles. The summed E-state index contributed by atoms with van der Waals surface area (Å²) in [7, 11) is 0. The highest BCUT2D eigenvalue weighted by Crippen LogP contribution is 2.46. The summed E-state index contributed by atoms with van der Waals surface area (Å²) in [5.74, 6) is 0. The van der Waals surface area contributed by atoms with Gasteiger partial charge in [-0.25, -0.2) is 0 Å². The fraction of sp³-hybridized carbons (Fsp3) is 0.0541. The third-order valence-electron chi connectivity index (χ3n) is 14.7. The number of nitrogens with zero attached hydrogens (tertiary/aromatic N) is 3. The van der Waals surface area contributed by atoms with Crippen molar-refractivity contribution in [2.24, 2.45) is 0 Å². The van der Waals surface area contributed by atoms with Gasteiger partial charge in [-0.15, -0.1) is 0 Å². The number of fused-ring (bicyclic) bond motifs is 6. The lowest BCUT2D eigenvalue weighted by atomic mass is 9.92. The molecular weight excluding hydrogens is 931 g/mol. The van der Waals surface area contributed by atoms with Gasteiger partial charge in [-0.3, -0.25) is 0 Å². The Labute approximate surface area is 453 Å². The lowest BCUT2D eigenvalue weighted by molar-refractivity contribution is 1.27. The van der Waals surface area contributed by atoms with Crippen LogP contribution >= 0.6 is 0 Å². The fourth-order valence-electron chi connectivity index (χ4n) is 10.5. The first-order valence-electron chi connectivity index (χ1n) is 26.5. The molecule has 0 spiro atoms. The minimum Gasteiger partial charge on any atom is -0.310 e. The Morgan fingerprint density at radius 1 is 0.195 bits per heavy atom. The number of hydrogen-bond acceptors (Lipinski definition) is 3. The molecule has 0 aromatic heterocycles. The van der Waals surface area contributed by atoms with Crippen molar-refractivity contribution in [1.82, 2.24) is 0 Å². The summed E-state index contributed by atoms with van der Waals surface area (Å²) in [6, 6.07) is 95.4. The topological polar surface area (TPSA) is 9.72 Å². The Hall–Kier alpha value is -9.70. The third kappa shape index (κ3) is 10.3. The Morgan fingerprint density at radius 2 is 0.403 bits per heavy atom. The van der Waals surface area contributed by atoms with Crippen molar-refractivity contribution in [2.45, 2.75) is 27.7 Å². The van der Waals surface area contributed by atoms with Gasteiger partial charge in [0.15, 0.2) is 0 Å². The summed E-state index contributed by atoms with van der Waals surface area (Å²) in [6.45, 7) is 8.59. The molecule has 0 atom stereocenters. The van der Waals surface area contributed by atoms with Gasteiger partial charge in [-0.05, 0) is 191 Å². The summed E-state index contributed by atoms with van der Waals surface area (Å²) in [4.78, 5) is 7.16. The van der Waals surface area contributed by atoms with Crippen LogP contribution in [0.25, 0.3) is 56.6 Å². The SMILES string of the molecule is Cc1ccc(N(c2ccc(C)cc2)c2ccc3c(c2)c2ccc(N(c4ccc(C)cc4)c4ccc(/C=C/c5ccccc5)cc4)cc2c2ccc(N(c4ccc(C)cc4)c4ccc(/C=C/c5ccccc5)cc4)cc32)cc1. The molecule has 0 aliphatic rings. The van der Waals surface area contributed by atoms with E-state index in [1.807, 2.05) is 0 Å². The van der Waals surface area contributed by atoms with Crippen LogP contribution in [-0.2, 0) is 0 Å². The lowest BCUT2D eigenvalue weighted by Gasteiger charge is -2.28. The summed E-state index contributed by atoms with van der Waals surface area (Å²) in [5.41, 5.74) is 19.4. The molecule has 0 saturated heterocycles. The first kappa shape index (κ1) is 48.3. The predicted molar refractivity (Wildman–Crippen MR) is 333 cm³/mol. The maximum Gasteiger partial charge on any atom is 0.0468 e. The van der Waals surface area contributed by atoms with Crippen LogP contribution < -0.4 is 14.7 Å². The van der Waals surface area contributed by atoms with E-state index in [9.17, 15) is 0 Å². The monoisotopic (exact) mass is 989 g/mol. The van der Waals surface area contributed by atoms with Gasteiger partial charge >= 0.3 is 0 Å². The number of aryl methyl sites for hydroxylation is 4. The first-order valence-corrected chi connectivity index (χ1v) is 26.5. The molecule has 12 aromatic rings. The Morgan fingerprint density at radius 3 is 0.649 bits per heavy atom. The molecule has 0 radical (unpaired) electrons. The third-order valence-corrected chi connectivity index (χ3v) is 14.7. The van der Waals surface area contributed by atoms with Crippen molar-refractivity contribution in [1.29, 1.82) is 0 Å². The molecule has 77 heavy (non-hydrogen) atoms. The maximum absolute atomic E-state index is 2.41. The van der Waals surface area contributed by atoms with E-state index in [-0.39, 0.29) is 0 Å². The quantitative estimate of drug-likeness (QED) is 0.0842. The molecule has 0 N–H and O–H groups in total. The second-order valence-corrected chi connectivity index (χ2v) is 20.2. The molecule has 12 rings (SSSR count). The van der Waals surface area contributed by atoms with Crippen LogP contribution in [0.4, 0.5) is 51.2 Å². The van der Waals surface area contributed by atoms with Crippen molar-refractivity contribution in [3.63, 3.8) is 0 Å². The van der Waals surface area contributed by atoms with E-state index in [1.165, 1.54) is 65.7 Å². The molecule has 0 fully saturated rings. The van der Waals surface area contributed by atoms with E-state index in [0.717, 1.165) is 62.3 Å². The van der Waals surface area contributed by atoms with Crippen molar-refractivity contribution >= 4 is 108 Å². The van der Waals surface area contributed by atoms with Gasteiger partial charge in [0.2, 0.25) is 0 Å². The molecule has 3 heteroatoms. The van der Waals surface area contributed by atoms with Gasteiger partial charge < -0.3 is 14.7 Å². The highest BCUT2D eigenvalue weighted by atomic mass is 15.2. The molecule has 0 unspecified atom stereocenters. The Kier molecular flexibility index (Phi) is 13.3. The van der Waals surface area contributed by atoms with Gasteiger partial charge in [-0.2, -0.15) is 0 Å². The summed E-state index contributed by atoms with van der Waals surface area (Å²) in [5, 5.41) is 7.13. The number of anilines is 9. The van der Waals surface area contributed by atoms with Crippen molar-refractivity contribution < 1.29 is 0 Å². The smallest absolute Gasteiger partial charge is 0.0468 e. The molecule has 370 valence electrons. The van der Waals surface area contributed by atoms with E-state index in [1.54, 1.807) is 0 Å². The van der Waals surface area contributed by atoms with E-state index < -0.39 is 0 Å². The normalized spacial score (nSPS) is 11.5. The highest BCUT2D eigenvalue weighted by molar-refractivity contribution is 6.27. The van der Waals surface area contributed by atoms with Crippen molar-refractivity contribution in [2.75, 3.05) is 14.7 Å². The first-order chi connectivity index (χ1) is 37.8. The summed E-state index contributed by atoms with van der Waals surface area (Å²) >= 11 is 0. The van der Waals surface area contributed by atoms with Crippen LogP contribution in [0.1, 0.15) is 44.5 Å². The largest absolute Gasteiger partial charge is 0.310 e. The molecule has 0 aliphatic carbocycles. The zero-order valence-electron chi connectivity index (χ0n) is 44.0.